The molecule has 2 amide bonds. The van der Waals surface area contributed by atoms with E-state index in [-0.39, 0.29) is 24.2 Å². The Kier molecular flexibility index (Phi) is 4.88. The number of methoxy groups -OCH3 is 2. The minimum atomic E-state index is -0.388. The van der Waals surface area contributed by atoms with Crippen molar-refractivity contribution in [1.82, 2.24) is 0 Å². The highest BCUT2D eigenvalue weighted by atomic mass is 16.5. The third kappa shape index (κ3) is 3.74. The Labute approximate surface area is 146 Å². The van der Waals surface area contributed by atoms with Crippen molar-refractivity contribution < 1.29 is 19.1 Å². The van der Waals surface area contributed by atoms with E-state index in [9.17, 15) is 9.59 Å². The van der Waals surface area contributed by atoms with Gasteiger partial charge in [-0.25, -0.2) is 0 Å². The Morgan fingerprint density at radius 3 is 2.48 bits per heavy atom. The van der Waals surface area contributed by atoms with Crippen molar-refractivity contribution >= 4 is 23.2 Å². The first-order valence-corrected chi connectivity index (χ1v) is 8.00. The van der Waals surface area contributed by atoms with Gasteiger partial charge < -0.3 is 19.7 Å². The van der Waals surface area contributed by atoms with E-state index in [4.69, 9.17) is 9.47 Å². The molecule has 6 heteroatoms. The van der Waals surface area contributed by atoms with E-state index in [2.05, 4.69) is 5.32 Å². The van der Waals surface area contributed by atoms with Gasteiger partial charge >= 0.3 is 0 Å². The molecule has 25 heavy (non-hydrogen) atoms. The average molecular weight is 340 g/mol. The maximum Gasteiger partial charge on any atom is 0.229 e. The number of rotatable bonds is 5. The molecular weight excluding hydrogens is 320 g/mol. The fourth-order valence-corrected chi connectivity index (χ4v) is 2.83. The molecule has 1 N–H and O–H groups in total. The molecule has 1 fully saturated rings. The van der Waals surface area contributed by atoms with E-state index in [1.54, 1.807) is 49.5 Å². The van der Waals surface area contributed by atoms with Crippen molar-refractivity contribution in [3.05, 3.63) is 48.5 Å². The molecule has 3 rings (SSSR count). The molecule has 0 spiro atoms. The van der Waals surface area contributed by atoms with Crippen LogP contribution in [0.4, 0.5) is 11.4 Å². The molecular formula is C19H20N2O4. The van der Waals surface area contributed by atoms with Crippen LogP contribution in [0.5, 0.6) is 11.5 Å². The van der Waals surface area contributed by atoms with Gasteiger partial charge in [-0.2, -0.15) is 0 Å². The Balaban J connectivity index is 1.67. The zero-order valence-corrected chi connectivity index (χ0v) is 14.2. The average Bonchev–Trinajstić information content (AvgIpc) is 3.04. The number of benzene rings is 2. The van der Waals surface area contributed by atoms with Crippen LogP contribution in [0.1, 0.15) is 6.42 Å². The molecule has 0 saturated carbocycles. The summed E-state index contributed by atoms with van der Waals surface area (Å²) in [6.45, 7) is 0.355. The number of nitrogens with zero attached hydrogens (tertiary/aromatic N) is 1. The Morgan fingerprint density at radius 1 is 1.08 bits per heavy atom. The molecule has 6 nitrogen and oxygen atoms in total. The predicted molar refractivity (Wildman–Crippen MR) is 95.1 cm³/mol. The van der Waals surface area contributed by atoms with Gasteiger partial charge in [-0.05, 0) is 36.4 Å². The number of hydrogen-bond donors (Lipinski definition) is 1. The molecule has 0 aliphatic carbocycles. The first kappa shape index (κ1) is 16.8. The highest BCUT2D eigenvalue weighted by Gasteiger charge is 2.35. The Bertz CT molecular complexity index is 773. The van der Waals surface area contributed by atoms with Gasteiger partial charge in [-0.15, -0.1) is 0 Å². The zero-order chi connectivity index (χ0) is 17.8. The first-order valence-electron chi connectivity index (χ1n) is 8.00. The summed E-state index contributed by atoms with van der Waals surface area (Å²) in [4.78, 5) is 26.4. The Morgan fingerprint density at radius 2 is 1.80 bits per heavy atom. The standard InChI is InChI=1S/C19H20N2O4/c1-24-16-8-6-14(7-9-16)20-19(23)13-10-18(22)21(12-13)15-4-3-5-17(11-15)25-2/h3-9,11,13H,10,12H2,1-2H3,(H,20,23)/t13-/m1/s1. The number of amides is 2. The second-order valence-corrected chi connectivity index (χ2v) is 5.82. The summed E-state index contributed by atoms with van der Waals surface area (Å²) >= 11 is 0. The fourth-order valence-electron chi connectivity index (χ4n) is 2.83. The lowest BCUT2D eigenvalue weighted by Crippen LogP contribution is -2.28. The number of hydrogen-bond acceptors (Lipinski definition) is 4. The summed E-state index contributed by atoms with van der Waals surface area (Å²) in [5, 5.41) is 2.85. The lowest BCUT2D eigenvalue weighted by Gasteiger charge is -2.17. The summed E-state index contributed by atoms with van der Waals surface area (Å²) in [7, 11) is 3.17. The number of ether oxygens (including phenoxy) is 2. The monoisotopic (exact) mass is 340 g/mol. The molecule has 0 radical (unpaired) electrons. The van der Waals surface area contributed by atoms with Gasteiger partial charge in [-0.3, -0.25) is 9.59 Å². The van der Waals surface area contributed by atoms with Crippen LogP contribution in [0.25, 0.3) is 0 Å². The third-order valence-corrected chi connectivity index (χ3v) is 4.22. The predicted octanol–water partition coefficient (Wildman–Crippen LogP) is 2.70. The van der Waals surface area contributed by atoms with Gasteiger partial charge in [0, 0.05) is 30.4 Å². The summed E-state index contributed by atoms with van der Waals surface area (Å²) in [5.74, 6) is 0.780. The maximum absolute atomic E-state index is 12.5. The van der Waals surface area contributed by atoms with E-state index in [1.165, 1.54) is 0 Å². The molecule has 1 saturated heterocycles. The number of carbonyl (C=O) groups excluding carboxylic acids is 2. The van der Waals surface area contributed by atoms with Crippen LogP contribution in [0, 0.1) is 5.92 Å². The normalized spacial score (nSPS) is 16.6. The molecule has 1 aliphatic heterocycles. The molecule has 0 bridgehead atoms. The summed E-state index contributed by atoms with van der Waals surface area (Å²) < 4.78 is 10.3. The highest BCUT2D eigenvalue weighted by Crippen LogP contribution is 2.28. The molecule has 0 aromatic heterocycles. The van der Waals surface area contributed by atoms with Crippen LogP contribution < -0.4 is 19.7 Å². The van der Waals surface area contributed by atoms with Crippen molar-refractivity contribution in [1.29, 1.82) is 0 Å². The number of nitrogens with one attached hydrogen (secondary N) is 1. The second kappa shape index (κ2) is 7.25. The third-order valence-electron chi connectivity index (χ3n) is 4.22. The minimum absolute atomic E-state index is 0.0665. The van der Waals surface area contributed by atoms with Crippen molar-refractivity contribution in [3.8, 4) is 11.5 Å². The Hall–Kier alpha value is -3.02. The number of anilines is 2. The SMILES string of the molecule is COc1ccc(NC(=O)[C@@H]2CC(=O)N(c3cccc(OC)c3)C2)cc1. The molecule has 1 aliphatic rings. The van der Waals surface area contributed by atoms with Gasteiger partial charge in [0.2, 0.25) is 11.8 Å². The molecule has 0 unspecified atom stereocenters. The largest absolute Gasteiger partial charge is 0.497 e. The number of carbonyl (C=O) groups is 2. The van der Waals surface area contributed by atoms with Gasteiger partial charge in [0.25, 0.3) is 0 Å². The van der Waals surface area contributed by atoms with E-state index in [0.717, 1.165) is 11.4 Å². The van der Waals surface area contributed by atoms with Crippen molar-refractivity contribution in [2.45, 2.75) is 6.42 Å². The van der Waals surface area contributed by atoms with Crippen LogP contribution in [-0.2, 0) is 9.59 Å². The van der Waals surface area contributed by atoms with Gasteiger partial charge in [0.1, 0.15) is 11.5 Å². The molecule has 1 atom stereocenters. The van der Waals surface area contributed by atoms with Crippen LogP contribution in [0.2, 0.25) is 0 Å². The zero-order valence-electron chi connectivity index (χ0n) is 14.2. The van der Waals surface area contributed by atoms with Crippen molar-refractivity contribution in [2.24, 2.45) is 5.92 Å². The second-order valence-electron chi connectivity index (χ2n) is 5.82. The smallest absolute Gasteiger partial charge is 0.229 e. The van der Waals surface area contributed by atoms with E-state index < -0.39 is 0 Å². The first-order chi connectivity index (χ1) is 12.1. The van der Waals surface area contributed by atoms with Gasteiger partial charge in [-0.1, -0.05) is 6.07 Å². The van der Waals surface area contributed by atoms with Gasteiger partial charge in [0.05, 0.1) is 20.1 Å². The van der Waals surface area contributed by atoms with Gasteiger partial charge in [0.15, 0.2) is 0 Å². The van der Waals surface area contributed by atoms with Crippen molar-refractivity contribution in [2.75, 3.05) is 31.0 Å². The quantitative estimate of drug-likeness (QED) is 0.909. The molecule has 2 aromatic carbocycles. The summed E-state index contributed by atoms with van der Waals surface area (Å²) in [6, 6.07) is 14.4. The van der Waals surface area contributed by atoms with Crippen LogP contribution in [-0.4, -0.2) is 32.6 Å². The van der Waals surface area contributed by atoms with Crippen LogP contribution in [0.15, 0.2) is 48.5 Å². The summed E-state index contributed by atoms with van der Waals surface area (Å²) in [5.41, 5.74) is 1.42. The minimum Gasteiger partial charge on any atom is -0.497 e. The lowest BCUT2D eigenvalue weighted by molar-refractivity contribution is -0.122. The molecule has 1 heterocycles. The highest BCUT2D eigenvalue weighted by molar-refractivity contribution is 6.03. The van der Waals surface area contributed by atoms with Crippen LogP contribution >= 0.6 is 0 Å². The fraction of sp³-hybridized carbons (Fsp3) is 0.263. The topological polar surface area (TPSA) is 67.9 Å². The van der Waals surface area contributed by atoms with E-state index >= 15 is 0 Å². The summed E-state index contributed by atoms with van der Waals surface area (Å²) in [6.07, 6.45) is 0.194. The van der Waals surface area contributed by atoms with Crippen molar-refractivity contribution in [3.63, 3.8) is 0 Å². The van der Waals surface area contributed by atoms with E-state index in [1.807, 2.05) is 18.2 Å². The molecule has 2 aromatic rings. The molecule has 130 valence electrons. The van der Waals surface area contributed by atoms with E-state index in [0.29, 0.717) is 18.0 Å². The lowest BCUT2D eigenvalue weighted by atomic mass is 10.1. The maximum atomic E-state index is 12.5. The van der Waals surface area contributed by atoms with Crippen LogP contribution in [0.3, 0.4) is 0 Å².